The number of hydrogen-bond donors (Lipinski definition) is 1. The van der Waals surface area contributed by atoms with Crippen LogP contribution in [0.1, 0.15) is 12.8 Å². The highest BCUT2D eigenvalue weighted by atomic mass is 19.1. The molecule has 1 saturated heterocycles. The quantitative estimate of drug-likeness (QED) is 0.871. The maximum absolute atomic E-state index is 12.9. The third-order valence-corrected chi connectivity index (χ3v) is 2.94. The van der Waals surface area contributed by atoms with Crippen molar-refractivity contribution in [2.45, 2.75) is 19.0 Å². The van der Waals surface area contributed by atoms with E-state index in [1.807, 2.05) is 35.2 Å². The van der Waals surface area contributed by atoms with Gasteiger partial charge in [0.25, 0.3) is 0 Å². The molecular formula is C13H17FN2O. The Morgan fingerprint density at radius 2 is 1.94 bits per heavy atom. The first-order valence-corrected chi connectivity index (χ1v) is 5.95. The van der Waals surface area contributed by atoms with Crippen molar-refractivity contribution in [3.8, 4) is 0 Å². The van der Waals surface area contributed by atoms with E-state index in [0.717, 1.165) is 5.69 Å². The van der Waals surface area contributed by atoms with Crippen LogP contribution in [-0.4, -0.2) is 36.6 Å². The summed E-state index contributed by atoms with van der Waals surface area (Å²) in [6.45, 7) is 1.69. The molecule has 2 rings (SSSR count). The van der Waals surface area contributed by atoms with Gasteiger partial charge in [-0.3, -0.25) is 9.69 Å². The summed E-state index contributed by atoms with van der Waals surface area (Å²) in [4.78, 5) is 13.7. The Bertz CT molecular complexity index is 361. The van der Waals surface area contributed by atoms with Crippen molar-refractivity contribution >= 4 is 11.6 Å². The molecule has 1 aromatic rings. The molecule has 0 saturated carbocycles. The minimum absolute atomic E-state index is 0.0338. The van der Waals surface area contributed by atoms with Crippen molar-refractivity contribution < 1.29 is 9.18 Å². The number of halogens is 1. The van der Waals surface area contributed by atoms with Crippen LogP contribution in [0.5, 0.6) is 0 Å². The van der Waals surface area contributed by atoms with Crippen LogP contribution in [0.2, 0.25) is 0 Å². The molecule has 0 aromatic heterocycles. The number of piperidine rings is 1. The number of rotatable bonds is 3. The molecule has 0 bridgehead atoms. The van der Waals surface area contributed by atoms with Gasteiger partial charge in [-0.2, -0.15) is 0 Å². The second kappa shape index (κ2) is 5.77. The highest BCUT2D eigenvalue weighted by Gasteiger charge is 2.19. The Morgan fingerprint density at radius 1 is 1.29 bits per heavy atom. The highest BCUT2D eigenvalue weighted by molar-refractivity contribution is 5.92. The van der Waals surface area contributed by atoms with Crippen molar-refractivity contribution in [2.24, 2.45) is 0 Å². The SMILES string of the molecule is O=C(CN1CCC(F)CC1)Nc1ccccc1. The lowest BCUT2D eigenvalue weighted by Gasteiger charge is -2.27. The monoisotopic (exact) mass is 236 g/mol. The number of carbonyl (C=O) groups is 1. The largest absolute Gasteiger partial charge is 0.325 e. The Morgan fingerprint density at radius 3 is 2.59 bits per heavy atom. The minimum Gasteiger partial charge on any atom is -0.325 e. The summed E-state index contributed by atoms with van der Waals surface area (Å²) in [5.41, 5.74) is 0.804. The normalized spacial score (nSPS) is 17.9. The average molecular weight is 236 g/mol. The number of alkyl halides is 1. The molecule has 3 nitrogen and oxygen atoms in total. The first kappa shape index (κ1) is 12.0. The van der Waals surface area contributed by atoms with Crippen molar-refractivity contribution in [2.75, 3.05) is 25.0 Å². The molecule has 0 aliphatic carbocycles. The molecule has 17 heavy (non-hydrogen) atoms. The predicted octanol–water partition coefficient (Wildman–Crippen LogP) is 2.06. The standard InChI is InChI=1S/C13H17FN2O/c14-11-6-8-16(9-7-11)10-13(17)15-12-4-2-1-3-5-12/h1-5,11H,6-10H2,(H,15,17). The summed E-state index contributed by atoms with van der Waals surface area (Å²) >= 11 is 0. The van der Waals surface area contributed by atoms with E-state index in [-0.39, 0.29) is 5.91 Å². The molecule has 1 heterocycles. The first-order valence-electron chi connectivity index (χ1n) is 5.95. The Hall–Kier alpha value is -1.42. The summed E-state index contributed by atoms with van der Waals surface area (Å²) in [5.74, 6) is -0.0338. The molecule has 1 fully saturated rings. The van der Waals surface area contributed by atoms with E-state index in [9.17, 15) is 9.18 Å². The van der Waals surface area contributed by atoms with Crippen LogP contribution < -0.4 is 5.32 Å². The molecule has 1 aromatic carbocycles. The van der Waals surface area contributed by atoms with Gasteiger partial charge in [0, 0.05) is 18.8 Å². The van der Waals surface area contributed by atoms with Gasteiger partial charge >= 0.3 is 0 Å². The molecule has 0 unspecified atom stereocenters. The van der Waals surface area contributed by atoms with Crippen LogP contribution in [-0.2, 0) is 4.79 Å². The van der Waals surface area contributed by atoms with Crippen molar-refractivity contribution in [3.05, 3.63) is 30.3 Å². The second-order valence-electron chi connectivity index (χ2n) is 4.36. The number of likely N-dealkylation sites (tertiary alicyclic amines) is 1. The van der Waals surface area contributed by atoms with E-state index in [1.54, 1.807) is 0 Å². The lowest BCUT2D eigenvalue weighted by Crippen LogP contribution is -2.39. The van der Waals surface area contributed by atoms with Gasteiger partial charge in [-0.05, 0) is 25.0 Å². The maximum Gasteiger partial charge on any atom is 0.238 e. The van der Waals surface area contributed by atoms with Crippen molar-refractivity contribution in [1.82, 2.24) is 4.90 Å². The van der Waals surface area contributed by atoms with Crippen LogP contribution in [0.4, 0.5) is 10.1 Å². The number of hydrogen-bond acceptors (Lipinski definition) is 2. The van der Waals surface area contributed by atoms with E-state index < -0.39 is 6.17 Å². The maximum atomic E-state index is 12.9. The fourth-order valence-corrected chi connectivity index (χ4v) is 1.98. The van der Waals surface area contributed by atoms with Crippen LogP contribution in [0, 0.1) is 0 Å². The Kier molecular flexibility index (Phi) is 4.09. The molecule has 4 heteroatoms. The summed E-state index contributed by atoms with van der Waals surface area (Å²) in [6.07, 6.45) is 0.389. The molecule has 0 radical (unpaired) electrons. The Labute approximate surface area is 101 Å². The average Bonchev–Trinajstić information content (AvgIpc) is 2.33. The van der Waals surface area contributed by atoms with Gasteiger partial charge in [-0.1, -0.05) is 18.2 Å². The minimum atomic E-state index is -0.691. The fourth-order valence-electron chi connectivity index (χ4n) is 1.98. The highest BCUT2D eigenvalue weighted by Crippen LogP contribution is 2.13. The lowest BCUT2D eigenvalue weighted by atomic mass is 10.1. The Balaban J connectivity index is 1.78. The van der Waals surface area contributed by atoms with Crippen LogP contribution in [0.25, 0.3) is 0 Å². The topological polar surface area (TPSA) is 32.3 Å². The molecule has 0 spiro atoms. The van der Waals surface area contributed by atoms with Gasteiger partial charge in [0.15, 0.2) is 0 Å². The number of anilines is 1. The number of amides is 1. The summed E-state index contributed by atoms with van der Waals surface area (Å²) < 4.78 is 12.9. The summed E-state index contributed by atoms with van der Waals surface area (Å²) in [7, 11) is 0. The summed E-state index contributed by atoms with van der Waals surface area (Å²) in [5, 5.41) is 2.83. The smallest absolute Gasteiger partial charge is 0.238 e. The molecule has 1 aliphatic rings. The van der Waals surface area contributed by atoms with Crippen LogP contribution >= 0.6 is 0 Å². The van der Waals surface area contributed by atoms with E-state index in [0.29, 0.717) is 32.5 Å². The van der Waals surface area contributed by atoms with Gasteiger partial charge in [0.1, 0.15) is 6.17 Å². The molecular weight excluding hydrogens is 219 g/mol. The summed E-state index contributed by atoms with van der Waals surface area (Å²) in [6, 6.07) is 9.37. The molecule has 1 N–H and O–H groups in total. The third kappa shape index (κ3) is 3.82. The first-order chi connectivity index (χ1) is 8.24. The molecule has 0 atom stereocenters. The number of carbonyl (C=O) groups excluding carboxylic acids is 1. The van der Waals surface area contributed by atoms with Gasteiger partial charge in [0.05, 0.1) is 6.54 Å². The second-order valence-corrected chi connectivity index (χ2v) is 4.36. The van der Waals surface area contributed by atoms with Crippen LogP contribution in [0.3, 0.4) is 0 Å². The lowest BCUT2D eigenvalue weighted by molar-refractivity contribution is -0.117. The van der Waals surface area contributed by atoms with Crippen molar-refractivity contribution in [3.63, 3.8) is 0 Å². The molecule has 92 valence electrons. The van der Waals surface area contributed by atoms with E-state index >= 15 is 0 Å². The molecule has 1 amide bonds. The fraction of sp³-hybridized carbons (Fsp3) is 0.462. The van der Waals surface area contributed by atoms with Gasteiger partial charge in [-0.25, -0.2) is 4.39 Å². The zero-order valence-corrected chi connectivity index (χ0v) is 9.73. The van der Waals surface area contributed by atoms with Gasteiger partial charge < -0.3 is 5.32 Å². The number of nitrogens with one attached hydrogen (secondary N) is 1. The van der Waals surface area contributed by atoms with Crippen molar-refractivity contribution in [1.29, 1.82) is 0 Å². The molecule has 1 aliphatic heterocycles. The van der Waals surface area contributed by atoms with Gasteiger partial charge in [0.2, 0.25) is 5.91 Å². The zero-order chi connectivity index (χ0) is 12.1. The van der Waals surface area contributed by atoms with E-state index in [2.05, 4.69) is 5.32 Å². The van der Waals surface area contributed by atoms with E-state index in [4.69, 9.17) is 0 Å². The van der Waals surface area contributed by atoms with E-state index in [1.165, 1.54) is 0 Å². The zero-order valence-electron chi connectivity index (χ0n) is 9.73. The predicted molar refractivity (Wildman–Crippen MR) is 65.6 cm³/mol. The number of nitrogens with zero attached hydrogens (tertiary/aromatic N) is 1. The van der Waals surface area contributed by atoms with Crippen LogP contribution in [0.15, 0.2) is 30.3 Å². The third-order valence-electron chi connectivity index (χ3n) is 2.94. The number of para-hydroxylation sites is 1. The number of benzene rings is 1. The van der Waals surface area contributed by atoms with Gasteiger partial charge in [-0.15, -0.1) is 0 Å².